The van der Waals surface area contributed by atoms with Crippen LogP contribution in [0.3, 0.4) is 0 Å². The van der Waals surface area contributed by atoms with Gasteiger partial charge in [0.15, 0.2) is 0 Å². The normalized spacial score (nSPS) is 12.0. The average molecular weight is 638 g/mol. The molecule has 0 heterocycles. The van der Waals surface area contributed by atoms with Gasteiger partial charge in [-0.2, -0.15) is 13.2 Å². The fourth-order valence-electron chi connectivity index (χ4n) is 3.90. The van der Waals surface area contributed by atoms with Crippen molar-refractivity contribution >= 4 is 54.6 Å². The molecular formula is C28H23ClF3N3O5S2. The zero-order chi connectivity index (χ0) is 30.7. The first-order chi connectivity index (χ1) is 19.7. The number of aryl methyl sites for hydroxylation is 1. The van der Waals surface area contributed by atoms with Crippen LogP contribution in [0.4, 0.5) is 30.2 Å². The molecule has 0 bridgehead atoms. The molecule has 42 heavy (non-hydrogen) atoms. The number of amides is 1. The van der Waals surface area contributed by atoms with Crippen molar-refractivity contribution in [3.05, 3.63) is 113 Å². The highest BCUT2D eigenvalue weighted by atomic mass is 35.5. The van der Waals surface area contributed by atoms with Gasteiger partial charge < -0.3 is 5.32 Å². The number of nitrogens with zero attached hydrogens (tertiary/aromatic N) is 1. The number of alkyl halides is 3. The summed E-state index contributed by atoms with van der Waals surface area (Å²) in [5, 5.41) is 2.88. The lowest BCUT2D eigenvalue weighted by molar-refractivity contribution is -0.137. The standard InChI is InChI=1S/C28H23ClF3N3O5S2/c1-19-5-2-3-8-26(19)35(42(39,40)25-13-9-21(29)10-14-25)18-27(36)33-22-11-15-24(16-12-22)41(37,38)34-23-7-4-6-20(17-23)28(30,31)32/h2-17,34H,18H2,1H3,(H,33,36). The number of sulfonamides is 2. The molecular weight excluding hydrogens is 615 g/mol. The highest BCUT2D eigenvalue weighted by molar-refractivity contribution is 7.93. The molecule has 0 spiro atoms. The summed E-state index contributed by atoms with van der Waals surface area (Å²) < 4.78 is 94.5. The van der Waals surface area contributed by atoms with Crippen LogP contribution in [0, 0.1) is 6.92 Å². The zero-order valence-corrected chi connectivity index (χ0v) is 24.2. The molecule has 0 saturated heterocycles. The Morgan fingerprint density at radius 1 is 0.810 bits per heavy atom. The second-order valence-corrected chi connectivity index (χ2v) is 13.0. The third kappa shape index (κ3) is 7.22. The van der Waals surface area contributed by atoms with E-state index in [2.05, 4.69) is 10.0 Å². The van der Waals surface area contributed by atoms with E-state index in [0.29, 0.717) is 16.7 Å². The van der Waals surface area contributed by atoms with Gasteiger partial charge in [-0.1, -0.05) is 35.9 Å². The lowest BCUT2D eigenvalue weighted by Gasteiger charge is -2.25. The molecule has 4 rings (SSSR count). The largest absolute Gasteiger partial charge is 0.416 e. The highest BCUT2D eigenvalue weighted by Gasteiger charge is 2.31. The van der Waals surface area contributed by atoms with Crippen molar-refractivity contribution in [3.8, 4) is 0 Å². The van der Waals surface area contributed by atoms with Crippen LogP contribution in [0.1, 0.15) is 11.1 Å². The molecule has 14 heteroatoms. The minimum absolute atomic E-state index is 0.0780. The van der Waals surface area contributed by atoms with E-state index in [0.717, 1.165) is 28.6 Å². The first-order valence-corrected chi connectivity index (χ1v) is 15.4. The number of halogens is 4. The molecule has 0 aliphatic carbocycles. The van der Waals surface area contributed by atoms with Crippen LogP contribution in [0.25, 0.3) is 0 Å². The summed E-state index contributed by atoms with van der Waals surface area (Å²) in [5.41, 5.74) is -0.249. The molecule has 0 saturated carbocycles. The molecule has 1 amide bonds. The number of carbonyl (C=O) groups is 1. The third-order valence-electron chi connectivity index (χ3n) is 5.96. The summed E-state index contributed by atoms with van der Waals surface area (Å²) in [5.74, 6) is -0.714. The Bertz CT molecular complexity index is 1820. The Morgan fingerprint density at radius 2 is 1.43 bits per heavy atom. The molecule has 220 valence electrons. The molecule has 0 aliphatic heterocycles. The maximum atomic E-state index is 13.5. The van der Waals surface area contributed by atoms with E-state index < -0.39 is 44.2 Å². The Morgan fingerprint density at radius 3 is 2.05 bits per heavy atom. The molecule has 2 N–H and O–H groups in total. The first-order valence-electron chi connectivity index (χ1n) is 12.1. The minimum atomic E-state index is -4.65. The molecule has 4 aromatic rings. The van der Waals surface area contributed by atoms with Gasteiger partial charge in [-0.3, -0.25) is 13.8 Å². The van der Waals surface area contributed by atoms with Crippen LogP contribution in [0.5, 0.6) is 0 Å². The van der Waals surface area contributed by atoms with Crippen molar-refractivity contribution in [2.45, 2.75) is 22.9 Å². The van der Waals surface area contributed by atoms with Crippen LogP contribution in [-0.2, 0) is 31.0 Å². The molecule has 0 radical (unpaired) electrons. The molecule has 0 unspecified atom stereocenters. The Labute approximate surface area is 245 Å². The maximum Gasteiger partial charge on any atom is 0.416 e. The Hall–Kier alpha value is -4.07. The van der Waals surface area contributed by atoms with Gasteiger partial charge in [0.1, 0.15) is 6.54 Å². The van der Waals surface area contributed by atoms with Gasteiger partial charge in [-0.15, -0.1) is 0 Å². The van der Waals surface area contributed by atoms with Crippen LogP contribution in [-0.4, -0.2) is 29.3 Å². The molecule has 4 aromatic carbocycles. The van der Waals surface area contributed by atoms with Crippen LogP contribution in [0.2, 0.25) is 5.02 Å². The maximum absolute atomic E-state index is 13.5. The van der Waals surface area contributed by atoms with Crippen molar-refractivity contribution in [1.82, 2.24) is 0 Å². The van der Waals surface area contributed by atoms with E-state index in [9.17, 15) is 34.8 Å². The van der Waals surface area contributed by atoms with Gasteiger partial charge in [-0.25, -0.2) is 16.8 Å². The van der Waals surface area contributed by atoms with Gasteiger partial charge in [0.25, 0.3) is 20.0 Å². The van der Waals surface area contributed by atoms with Crippen LogP contribution in [0.15, 0.2) is 107 Å². The SMILES string of the molecule is Cc1ccccc1N(CC(=O)Nc1ccc(S(=O)(=O)Nc2cccc(C(F)(F)F)c2)cc1)S(=O)(=O)c1ccc(Cl)cc1. The average Bonchev–Trinajstić information content (AvgIpc) is 2.92. The summed E-state index contributed by atoms with van der Waals surface area (Å²) in [6, 6.07) is 20.7. The molecule has 0 fully saturated rings. The van der Waals surface area contributed by atoms with E-state index in [-0.39, 0.29) is 26.9 Å². The zero-order valence-electron chi connectivity index (χ0n) is 21.8. The van der Waals surface area contributed by atoms with Crippen LogP contribution >= 0.6 is 11.6 Å². The van der Waals surface area contributed by atoms with E-state index in [4.69, 9.17) is 11.6 Å². The van der Waals surface area contributed by atoms with Crippen molar-refractivity contribution in [2.24, 2.45) is 0 Å². The van der Waals surface area contributed by atoms with Crippen molar-refractivity contribution in [2.75, 3.05) is 20.9 Å². The fraction of sp³-hybridized carbons (Fsp3) is 0.107. The predicted octanol–water partition coefficient (Wildman–Crippen LogP) is 6.30. The lowest BCUT2D eigenvalue weighted by Crippen LogP contribution is -2.38. The second-order valence-electron chi connectivity index (χ2n) is 9.01. The number of carbonyl (C=O) groups excluding carboxylic acids is 1. The summed E-state index contributed by atoms with van der Waals surface area (Å²) in [6.45, 7) is 1.09. The van der Waals surface area contributed by atoms with E-state index >= 15 is 0 Å². The highest BCUT2D eigenvalue weighted by Crippen LogP contribution is 2.31. The summed E-state index contributed by atoms with van der Waals surface area (Å²) in [4.78, 5) is 12.7. The van der Waals surface area contributed by atoms with Crippen LogP contribution < -0.4 is 14.3 Å². The predicted molar refractivity (Wildman–Crippen MR) is 154 cm³/mol. The molecule has 0 aromatic heterocycles. The number of anilines is 3. The monoisotopic (exact) mass is 637 g/mol. The van der Waals surface area contributed by atoms with Crippen molar-refractivity contribution < 1.29 is 34.8 Å². The van der Waals surface area contributed by atoms with Crippen molar-refractivity contribution in [1.29, 1.82) is 0 Å². The lowest BCUT2D eigenvalue weighted by atomic mass is 10.2. The Balaban J connectivity index is 1.52. The smallest absolute Gasteiger partial charge is 0.325 e. The van der Waals surface area contributed by atoms with E-state index in [1.54, 1.807) is 31.2 Å². The summed E-state index contributed by atoms with van der Waals surface area (Å²) in [6.07, 6.45) is -4.65. The van der Waals surface area contributed by atoms with Gasteiger partial charge >= 0.3 is 6.18 Å². The van der Waals surface area contributed by atoms with Gasteiger partial charge in [0, 0.05) is 16.4 Å². The molecule has 0 aliphatic rings. The number of para-hydroxylation sites is 1. The molecule has 0 atom stereocenters. The van der Waals surface area contributed by atoms with Gasteiger partial charge in [0.05, 0.1) is 21.0 Å². The third-order valence-corrected chi connectivity index (χ3v) is 9.39. The van der Waals surface area contributed by atoms with E-state index in [1.165, 1.54) is 42.5 Å². The quantitative estimate of drug-likeness (QED) is 0.224. The number of hydrogen-bond acceptors (Lipinski definition) is 5. The molecule has 8 nitrogen and oxygen atoms in total. The minimum Gasteiger partial charge on any atom is -0.325 e. The van der Waals surface area contributed by atoms with E-state index in [1.807, 2.05) is 0 Å². The first kappa shape index (κ1) is 30.9. The summed E-state index contributed by atoms with van der Waals surface area (Å²) >= 11 is 5.91. The topological polar surface area (TPSA) is 113 Å². The second kappa shape index (κ2) is 12.0. The summed E-state index contributed by atoms with van der Waals surface area (Å²) in [7, 11) is -8.45. The van der Waals surface area contributed by atoms with Gasteiger partial charge in [-0.05, 0) is 85.3 Å². The Kier molecular flexibility index (Phi) is 8.85. The van der Waals surface area contributed by atoms with Gasteiger partial charge in [0.2, 0.25) is 5.91 Å². The number of benzene rings is 4. The number of nitrogens with one attached hydrogen (secondary N) is 2. The number of rotatable bonds is 9. The fourth-order valence-corrected chi connectivity index (χ4v) is 6.56. The number of hydrogen-bond donors (Lipinski definition) is 2. The van der Waals surface area contributed by atoms with Crippen molar-refractivity contribution in [3.63, 3.8) is 0 Å².